The predicted molar refractivity (Wildman–Crippen MR) is 292 cm³/mol. The van der Waals surface area contributed by atoms with Gasteiger partial charge in [0.25, 0.3) is 0 Å². The van der Waals surface area contributed by atoms with E-state index in [0.29, 0.717) is 11.9 Å². The van der Waals surface area contributed by atoms with E-state index in [4.69, 9.17) is 19.9 Å². The van der Waals surface area contributed by atoms with Crippen LogP contribution < -0.4 is 9.80 Å². The normalized spacial score (nSPS) is 12.2. The monoisotopic (exact) mass is 912 g/mol. The molecule has 1 aliphatic carbocycles. The van der Waals surface area contributed by atoms with Crippen LogP contribution in [-0.2, 0) is 5.41 Å². The molecule has 12 rings (SSSR count). The molecule has 2 aromatic heterocycles. The summed E-state index contributed by atoms with van der Waals surface area (Å²) in [5, 5.41) is 0. The Morgan fingerprint density at radius 2 is 0.620 bits per heavy atom. The predicted octanol–water partition coefficient (Wildman–Crippen LogP) is 16.8. The Kier molecular flexibility index (Phi) is 11.1. The first-order valence-electron chi connectivity index (χ1n) is 24.0. The average Bonchev–Trinajstić information content (AvgIpc) is 3.67. The minimum atomic E-state index is -0.142. The number of hydrogen-bond donors (Lipinski definition) is 0. The van der Waals surface area contributed by atoms with Crippen LogP contribution >= 0.6 is 0 Å². The van der Waals surface area contributed by atoms with Crippen LogP contribution in [-0.4, -0.2) is 19.9 Å². The molecule has 0 amide bonds. The molecule has 0 N–H and O–H groups in total. The molecule has 0 aliphatic heterocycles. The van der Waals surface area contributed by atoms with Crippen LogP contribution in [0.1, 0.15) is 25.0 Å². The average molecular weight is 913 g/mol. The van der Waals surface area contributed by atoms with Crippen molar-refractivity contribution in [3.8, 4) is 67.3 Å². The molecular formula is C65H48N6. The van der Waals surface area contributed by atoms with Gasteiger partial charge in [0.05, 0.1) is 28.5 Å². The summed E-state index contributed by atoms with van der Waals surface area (Å²) in [5.74, 6) is 0.884. The summed E-state index contributed by atoms with van der Waals surface area (Å²) >= 11 is 0. The SMILES string of the molecule is CC1(C)c2ccccc2-c2ccc(N(c3ccccc3)c3cccc(-c4cccc(N(c5nc(-c6ccccc6)cc(-c6ccccc6)n5)c5nc(-c6ccccc6)cc(-c6ccccc6)n5)c4)c3)cc21. The van der Waals surface area contributed by atoms with Gasteiger partial charge in [-0.3, -0.25) is 0 Å². The van der Waals surface area contributed by atoms with E-state index in [1.165, 1.54) is 22.3 Å². The molecule has 6 nitrogen and oxygen atoms in total. The van der Waals surface area contributed by atoms with E-state index in [2.05, 4.69) is 201 Å². The van der Waals surface area contributed by atoms with Crippen LogP contribution in [0.15, 0.2) is 255 Å². The molecule has 0 bridgehead atoms. The van der Waals surface area contributed by atoms with E-state index in [9.17, 15) is 0 Å². The fourth-order valence-electron chi connectivity index (χ4n) is 9.92. The van der Waals surface area contributed by atoms with Crippen molar-refractivity contribution in [3.05, 3.63) is 266 Å². The Hall–Kier alpha value is -9.26. The third-order valence-corrected chi connectivity index (χ3v) is 13.5. The number of para-hydroxylation sites is 1. The Bertz CT molecular complexity index is 3430. The van der Waals surface area contributed by atoms with E-state index >= 15 is 0 Å². The summed E-state index contributed by atoms with van der Waals surface area (Å²) in [6.07, 6.45) is 0. The second kappa shape index (κ2) is 18.3. The van der Waals surface area contributed by atoms with Gasteiger partial charge in [0.1, 0.15) is 0 Å². The van der Waals surface area contributed by atoms with Crippen molar-refractivity contribution in [2.75, 3.05) is 9.80 Å². The lowest BCUT2D eigenvalue weighted by molar-refractivity contribution is 0.660. The van der Waals surface area contributed by atoms with Crippen LogP contribution in [0.4, 0.5) is 34.6 Å². The molecular weight excluding hydrogens is 865 g/mol. The van der Waals surface area contributed by atoms with Gasteiger partial charge < -0.3 is 4.90 Å². The summed E-state index contributed by atoms with van der Waals surface area (Å²) in [6, 6.07) is 88.9. The first-order valence-corrected chi connectivity index (χ1v) is 24.0. The van der Waals surface area contributed by atoms with Crippen LogP contribution in [0.2, 0.25) is 0 Å². The lowest BCUT2D eigenvalue weighted by atomic mass is 9.82. The molecule has 2 heterocycles. The summed E-state index contributed by atoms with van der Waals surface area (Å²) in [4.78, 5) is 25.8. The smallest absolute Gasteiger partial charge is 0.238 e. The number of benzene rings is 9. The molecule has 0 atom stereocenters. The van der Waals surface area contributed by atoms with Crippen molar-refractivity contribution in [2.24, 2.45) is 0 Å². The maximum atomic E-state index is 5.37. The number of anilines is 6. The summed E-state index contributed by atoms with van der Waals surface area (Å²) in [7, 11) is 0. The quantitative estimate of drug-likeness (QED) is 0.129. The van der Waals surface area contributed by atoms with E-state index in [-0.39, 0.29) is 5.41 Å². The maximum Gasteiger partial charge on any atom is 0.238 e. The van der Waals surface area contributed by atoms with Crippen LogP contribution in [0.3, 0.4) is 0 Å². The summed E-state index contributed by atoms with van der Waals surface area (Å²) < 4.78 is 0. The third-order valence-electron chi connectivity index (χ3n) is 13.5. The Morgan fingerprint density at radius 1 is 0.268 bits per heavy atom. The van der Waals surface area contributed by atoms with Crippen molar-refractivity contribution < 1.29 is 0 Å². The Balaban J connectivity index is 1.03. The summed E-state index contributed by atoms with van der Waals surface area (Å²) in [6.45, 7) is 4.67. The number of hydrogen-bond acceptors (Lipinski definition) is 6. The molecule has 11 aromatic rings. The summed E-state index contributed by atoms with van der Waals surface area (Å²) in [5.41, 5.74) is 18.3. The van der Waals surface area contributed by atoms with Gasteiger partial charge in [0, 0.05) is 44.7 Å². The molecule has 71 heavy (non-hydrogen) atoms. The van der Waals surface area contributed by atoms with Gasteiger partial charge in [0.2, 0.25) is 11.9 Å². The molecule has 0 unspecified atom stereocenters. The largest absolute Gasteiger partial charge is 0.310 e. The van der Waals surface area contributed by atoms with Crippen molar-refractivity contribution >= 4 is 34.6 Å². The zero-order chi connectivity index (χ0) is 47.7. The Labute approximate surface area is 414 Å². The number of aromatic nitrogens is 4. The molecule has 0 radical (unpaired) electrons. The number of rotatable bonds is 11. The van der Waals surface area contributed by atoms with Gasteiger partial charge in [-0.05, 0) is 94.0 Å². The lowest BCUT2D eigenvalue weighted by Gasteiger charge is -2.28. The Morgan fingerprint density at radius 3 is 1.08 bits per heavy atom. The highest BCUT2D eigenvalue weighted by molar-refractivity contribution is 5.87. The van der Waals surface area contributed by atoms with Crippen molar-refractivity contribution in [3.63, 3.8) is 0 Å². The third kappa shape index (κ3) is 8.32. The highest BCUT2D eigenvalue weighted by Gasteiger charge is 2.36. The maximum absolute atomic E-state index is 5.37. The van der Waals surface area contributed by atoms with E-state index in [1.54, 1.807) is 0 Å². The van der Waals surface area contributed by atoms with Gasteiger partial charge in [-0.1, -0.05) is 208 Å². The van der Waals surface area contributed by atoms with Gasteiger partial charge in [-0.2, -0.15) is 0 Å². The molecule has 0 fully saturated rings. The molecule has 0 saturated heterocycles. The molecule has 6 heteroatoms. The minimum absolute atomic E-state index is 0.142. The second-order valence-electron chi connectivity index (χ2n) is 18.3. The van der Waals surface area contributed by atoms with Crippen molar-refractivity contribution in [2.45, 2.75) is 19.3 Å². The fraction of sp³-hybridized carbons (Fsp3) is 0.0462. The molecule has 0 saturated carbocycles. The van der Waals surface area contributed by atoms with Gasteiger partial charge >= 0.3 is 0 Å². The van der Waals surface area contributed by atoms with Crippen LogP contribution in [0, 0.1) is 0 Å². The highest BCUT2D eigenvalue weighted by Crippen LogP contribution is 2.51. The topological polar surface area (TPSA) is 58.0 Å². The highest BCUT2D eigenvalue weighted by atomic mass is 15.3. The van der Waals surface area contributed by atoms with E-state index in [0.717, 1.165) is 78.9 Å². The van der Waals surface area contributed by atoms with Gasteiger partial charge in [-0.25, -0.2) is 24.8 Å². The minimum Gasteiger partial charge on any atom is -0.310 e. The molecule has 0 spiro atoms. The zero-order valence-electron chi connectivity index (χ0n) is 39.4. The first-order chi connectivity index (χ1) is 34.9. The molecule has 1 aliphatic rings. The molecule has 338 valence electrons. The lowest BCUT2D eigenvalue weighted by Crippen LogP contribution is -2.18. The van der Waals surface area contributed by atoms with Crippen molar-refractivity contribution in [1.29, 1.82) is 0 Å². The van der Waals surface area contributed by atoms with Gasteiger partial charge in [0.15, 0.2) is 0 Å². The van der Waals surface area contributed by atoms with E-state index < -0.39 is 0 Å². The second-order valence-corrected chi connectivity index (χ2v) is 18.3. The van der Waals surface area contributed by atoms with Crippen LogP contribution in [0.25, 0.3) is 67.3 Å². The number of fused-ring (bicyclic) bond motifs is 3. The zero-order valence-corrected chi connectivity index (χ0v) is 39.4. The van der Waals surface area contributed by atoms with Crippen LogP contribution in [0.5, 0.6) is 0 Å². The molecule has 9 aromatic carbocycles. The van der Waals surface area contributed by atoms with Gasteiger partial charge in [-0.15, -0.1) is 0 Å². The van der Waals surface area contributed by atoms with E-state index in [1.807, 2.05) is 77.7 Å². The fourth-order valence-corrected chi connectivity index (χ4v) is 9.92. The standard InChI is InChI=1S/C65H48N6/c1-65(2)57-37-19-18-36-55(57)56-39-38-54(42-58(56)65)70(51-32-16-7-17-33-51)52-34-20-30-49(40-52)50-31-21-35-53(41-50)71(63-66-59(45-22-8-3-9-23-45)43-60(67-63)46-24-10-4-11-25-46)64-68-61(47-26-12-5-13-27-47)44-62(69-64)48-28-14-6-15-29-48/h3-44H,1-2H3. The number of nitrogens with zero attached hydrogens (tertiary/aromatic N) is 6. The van der Waals surface area contributed by atoms with Crippen molar-refractivity contribution in [1.82, 2.24) is 19.9 Å². The first kappa shape index (κ1) is 43.0.